The van der Waals surface area contributed by atoms with Gasteiger partial charge in [-0.2, -0.15) is 10.1 Å². The molecule has 4 aromatic rings. The largest absolute Gasteiger partial charge is 0.480 e. The number of fused-ring (bicyclic) bond motifs is 3. The first-order valence-electron chi connectivity index (χ1n) is 10.3. The Morgan fingerprint density at radius 2 is 1.66 bits per heavy atom. The van der Waals surface area contributed by atoms with Crippen LogP contribution in [0.1, 0.15) is 28.8 Å². The molecular formula is C25H18BrFN4O. The highest BCUT2D eigenvalue weighted by atomic mass is 79.9. The minimum atomic E-state index is -0.408. The van der Waals surface area contributed by atoms with Gasteiger partial charge in [0.15, 0.2) is 0 Å². The van der Waals surface area contributed by atoms with Gasteiger partial charge in [0.1, 0.15) is 30.0 Å². The number of rotatable bonds is 2. The smallest absolute Gasteiger partial charge is 0.229 e. The van der Waals surface area contributed by atoms with Crippen molar-refractivity contribution in [3.05, 3.63) is 112 Å². The van der Waals surface area contributed by atoms with Crippen LogP contribution in [0.4, 0.5) is 10.3 Å². The van der Waals surface area contributed by atoms with Crippen LogP contribution in [0.2, 0.25) is 0 Å². The lowest BCUT2D eigenvalue weighted by Gasteiger charge is -2.42. The molecule has 0 fully saturated rings. The van der Waals surface area contributed by atoms with Gasteiger partial charge < -0.3 is 9.64 Å². The summed E-state index contributed by atoms with van der Waals surface area (Å²) in [4.78, 5) is 6.61. The number of aromatic nitrogens is 3. The fourth-order valence-electron chi connectivity index (χ4n) is 4.63. The summed E-state index contributed by atoms with van der Waals surface area (Å²) in [5.74, 6) is 1.27. The molecule has 7 heteroatoms. The van der Waals surface area contributed by atoms with Crippen LogP contribution in [-0.2, 0) is 0 Å². The summed E-state index contributed by atoms with van der Waals surface area (Å²) in [6, 6.07) is 22.5. The maximum absolute atomic E-state index is 13.7. The predicted octanol–water partition coefficient (Wildman–Crippen LogP) is 5.76. The molecule has 2 aliphatic rings. The van der Waals surface area contributed by atoms with Crippen molar-refractivity contribution < 1.29 is 9.13 Å². The number of hydrogen-bond acceptors (Lipinski definition) is 4. The third-order valence-electron chi connectivity index (χ3n) is 6.03. The molecule has 0 amide bonds. The van der Waals surface area contributed by atoms with Crippen LogP contribution < -0.4 is 9.64 Å². The van der Waals surface area contributed by atoms with Gasteiger partial charge >= 0.3 is 0 Å². The van der Waals surface area contributed by atoms with E-state index < -0.39 is 6.10 Å². The first kappa shape index (κ1) is 19.3. The van der Waals surface area contributed by atoms with E-state index in [1.807, 2.05) is 42.1 Å². The van der Waals surface area contributed by atoms with Crippen molar-refractivity contribution in [1.82, 2.24) is 14.8 Å². The molecule has 3 heterocycles. The van der Waals surface area contributed by atoms with Gasteiger partial charge in [0, 0.05) is 22.7 Å². The van der Waals surface area contributed by atoms with Crippen LogP contribution in [0.5, 0.6) is 5.75 Å². The van der Waals surface area contributed by atoms with Crippen LogP contribution >= 0.6 is 15.9 Å². The van der Waals surface area contributed by atoms with E-state index >= 15 is 0 Å². The molecule has 6 rings (SSSR count). The highest BCUT2D eigenvalue weighted by Gasteiger charge is 2.42. The van der Waals surface area contributed by atoms with Gasteiger partial charge in [0.2, 0.25) is 5.95 Å². The van der Waals surface area contributed by atoms with E-state index in [-0.39, 0.29) is 11.9 Å². The lowest BCUT2D eigenvalue weighted by Crippen LogP contribution is -2.37. The summed E-state index contributed by atoms with van der Waals surface area (Å²) >= 11 is 3.53. The van der Waals surface area contributed by atoms with E-state index in [1.54, 1.807) is 18.5 Å². The average molecular weight is 489 g/mol. The lowest BCUT2D eigenvalue weighted by atomic mass is 9.84. The van der Waals surface area contributed by atoms with Crippen LogP contribution in [0.25, 0.3) is 5.70 Å². The van der Waals surface area contributed by atoms with Gasteiger partial charge in [0.05, 0.1) is 5.70 Å². The Bertz CT molecular complexity index is 1350. The molecular weight excluding hydrogens is 471 g/mol. The number of benzene rings is 3. The van der Waals surface area contributed by atoms with Crippen molar-refractivity contribution in [2.75, 3.05) is 11.9 Å². The monoisotopic (exact) mass is 488 g/mol. The number of nitrogens with zero attached hydrogens (tertiary/aromatic N) is 4. The molecule has 158 valence electrons. The number of hydrogen-bond donors (Lipinski definition) is 0. The van der Waals surface area contributed by atoms with Crippen molar-refractivity contribution in [3.8, 4) is 5.75 Å². The topological polar surface area (TPSA) is 43.2 Å². The molecule has 2 unspecified atom stereocenters. The number of halogens is 2. The van der Waals surface area contributed by atoms with Gasteiger partial charge in [-0.25, -0.2) is 9.07 Å². The zero-order valence-corrected chi connectivity index (χ0v) is 18.7. The quantitative estimate of drug-likeness (QED) is 0.359. The maximum atomic E-state index is 13.7. The third-order valence-corrected chi connectivity index (χ3v) is 6.56. The first-order chi connectivity index (χ1) is 15.6. The van der Waals surface area contributed by atoms with Crippen molar-refractivity contribution in [2.45, 2.75) is 12.1 Å². The Morgan fingerprint density at radius 1 is 0.938 bits per heavy atom. The van der Waals surface area contributed by atoms with Gasteiger partial charge in [-0.3, -0.25) is 0 Å². The van der Waals surface area contributed by atoms with Crippen molar-refractivity contribution in [1.29, 1.82) is 0 Å². The van der Waals surface area contributed by atoms with Crippen molar-refractivity contribution in [2.24, 2.45) is 0 Å². The molecule has 3 aromatic carbocycles. The molecule has 2 atom stereocenters. The summed E-state index contributed by atoms with van der Waals surface area (Å²) in [6.07, 6.45) is 1.17. The standard InChI is InChI=1S/C25H18BrFN4O/c1-30-23-19-4-2-3-5-20(19)32-24(16-8-12-18(27)13-9-16)21(23)22(31-25(30)28-14-29-31)15-6-10-17(26)11-7-15/h2-14,22,24H,1H3. The highest BCUT2D eigenvalue weighted by Crippen LogP contribution is 2.52. The summed E-state index contributed by atoms with van der Waals surface area (Å²) in [7, 11) is 2.00. The second kappa shape index (κ2) is 7.31. The molecule has 0 N–H and O–H groups in total. The third kappa shape index (κ3) is 2.88. The van der Waals surface area contributed by atoms with E-state index in [0.29, 0.717) is 0 Å². The number of ether oxygens (including phenoxy) is 1. The molecule has 0 saturated carbocycles. The average Bonchev–Trinajstić information content (AvgIpc) is 3.30. The second-order valence-electron chi connectivity index (χ2n) is 7.87. The Kier molecular flexibility index (Phi) is 4.40. The molecule has 0 radical (unpaired) electrons. The Morgan fingerprint density at radius 3 is 2.44 bits per heavy atom. The normalized spacial score (nSPS) is 19.2. The number of anilines is 1. The lowest BCUT2D eigenvalue weighted by molar-refractivity contribution is 0.222. The zero-order chi connectivity index (χ0) is 21.8. The summed E-state index contributed by atoms with van der Waals surface area (Å²) in [6.45, 7) is 0. The molecule has 5 nitrogen and oxygen atoms in total. The Hall–Kier alpha value is -3.45. The van der Waals surface area contributed by atoms with Crippen molar-refractivity contribution >= 4 is 27.6 Å². The van der Waals surface area contributed by atoms with E-state index in [4.69, 9.17) is 4.74 Å². The fraction of sp³-hybridized carbons (Fsp3) is 0.120. The number of para-hydroxylation sites is 1. The Labute approximate surface area is 192 Å². The van der Waals surface area contributed by atoms with Gasteiger partial charge in [0.25, 0.3) is 0 Å². The molecule has 1 aromatic heterocycles. The second-order valence-corrected chi connectivity index (χ2v) is 8.78. The molecule has 0 saturated heterocycles. The predicted molar refractivity (Wildman–Crippen MR) is 124 cm³/mol. The summed E-state index contributed by atoms with van der Waals surface area (Å²) < 4.78 is 23.2. The molecule has 32 heavy (non-hydrogen) atoms. The molecule has 0 spiro atoms. The van der Waals surface area contributed by atoms with Crippen molar-refractivity contribution in [3.63, 3.8) is 0 Å². The SMILES string of the molecule is CN1C2=C(C(c3ccc(F)cc3)Oc3ccccc32)C(c2ccc(Br)cc2)n2ncnc21. The zero-order valence-electron chi connectivity index (χ0n) is 17.1. The van der Waals surface area contributed by atoms with E-state index in [2.05, 4.69) is 49.1 Å². The van der Waals surface area contributed by atoms with Crippen LogP contribution in [0.3, 0.4) is 0 Å². The summed E-state index contributed by atoms with van der Waals surface area (Å²) in [5, 5.41) is 4.58. The highest BCUT2D eigenvalue weighted by molar-refractivity contribution is 9.10. The maximum Gasteiger partial charge on any atom is 0.229 e. The van der Waals surface area contributed by atoms with E-state index in [0.717, 1.165) is 44.1 Å². The minimum Gasteiger partial charge on any atom is -0.480 e. The van der Waals surface area contributed by atoms with Gasteiger partial charge in [-0.1, -0.05) is 52.3 Å². The van der Waals surface area contributed by atoms with Crippen LogP contribution in [0, 0.1) is 5.82 Å². The Balaban J connectivity index is 1.65. The summed E-state index contributed by atoms with van der Waals surface area (Å²) in [5.41, 5.74) is 5.02. The van der Waals surface area contributed by atoms with E-state index in [1.165, 1.54) is 12.1 Å². The van der Waals surface area contributed by atoms with Gasteiger partial charge in [-0.15, -0.1) is 0 Å². The van der Waals surface area contributed by atoms with E-state index in [9.17, 15) is 4.39 Å². The molecule has 0 bridgehead atoms. The van der Waals surface area contributed by atoms with Gasteiger partial charge in [-0.05, 0) is 47.5 Å². The molecule has 0 aliphatic carbocycles. The van der Waals surface area contributed by atoms with Crippen LogP contribution in [0.15, 0.2) is 89.2 Å². The fourth-order valence-corrected chi connectivity index (χ4v) is 4.90. The first-order valence-corrected chi connectivity index (χ1v) is 11.1. The van der Waals surface area contributed by atoms with Crippen LogP contribution in [-0.4, -0.2) is 21.8 Å². The minimum absolute atomic E-state index is 0.227. The molecule has 2 aliphatic heterocycles.